The van der Waals surface area contributed by atoms with Gasteiger partial charge < -0.3 is 10.6 Å². The van der Waals surface area contributed by atoms with Gasteiger partial charge in [-0.3, -0.25) is 4.79 Å². The molecule has 0 bridgehead atoms. The fraction of sp³-hybridized carbons (Fsp3) is 0.583. The molecule has 1 heterocycles. The van der Waals surface area contributed by atoms with Crippen molar-refractivity contribution in [2.75, 3.05) is 6.54 Å². The number of carbonyl (C=O) groups is 1. The van der Waals surface area contributed by atoms with Gasteiger partial charge in [-0.05, 0) is 38.3 Å². The standard InChI is InChI=1S/C12H20N2OS/c1-10(2)14(12(15)6-3-7-13)9-11-5-4-8-16-11/h4-5,8,10H,3,6-7,9,13H2,1-2H3. The lowest BCUT2D eigenvalue weighted by atomic mass is 10.2. The van der Waals surface area contributed by atoms with Crippen LogP contribution in [0.4, 0.5) is 0 Å². The SMILES string of the molecule is CC(C)N(Cc1cccs1)C(=O)CCCN. The van der Waals surface area contributed by atoms with E-state index in [0.29, 0.717) is 13.0 Å². The minimum Gasteiger partial charge on any atom is -0.335 e. The van der Waals surface area contributed by atoms with Crippen molar-refractivity contribution in [2.45, 2.75) is 39.3 Å². The molecule has 1 amide bonds. The van der Waals surface area contributed by atoms with Crippen LogP contribution in [0.2, 0.25) is 0 Å². The second kappa shape index (κ2) is 6.66. The van der Waals surface area contributed by atoms with Crippen molar-refractivity contribution >= 4 is 17.2 Å². The Labute approximate surface area is 101 Å². The number of amides is 1. The van der Waals surface area contributed by atoms with Crippen molar-refractivity contribution in [1.29, 1.82) is 0 Å². The minimum absolute atomic E-state index is 0.203. The van der Waals surface area contributed by atoms with Crippen LogP contribution in [0.1, 0.15) is 31.6 Å². The summed E-state index contributed by atoms with van der Waals surface area (Å²) in [6, 6.07) is 4.33. The second-order valence-corrected chi connectivity index (χ2v) is 5.12. The molecule has 0 saturated heterocycles. The first-order valence-electron chi connectivity index (χ1n) is 5.67. The molecule has 1 rings (SSSR count). The maximum atomic E-state index is 11.9. The van der Waals surface area contributed by atoms with Gasteiger partial charge in [-0.25, -0.2) is 0 Å². The van der Waals surface area contributed by atoms with Crippen molar-refractivity contribution in [3.05, 3.63) is 22.4 Å². The zero-order chi connectivity index (χ0) is 12.0. The molecular formula is C12H20N2OS. The first kappa shape index (κ1) is 13.2. The molecule has 0 unspecified atom stereocenters. The van der Waals surface area contributed by atoms with Crippen LogP contribution in [0.15, 0.2) is 17.5 Å². The van der Waals surface area contributed by atoms with E-state index in [1.165, 1.54) is 4.88 Å². The molecule has 0 aromatic carbocycles. The lowest BCUT2D eigenvalue weighted by Gasteiger charge is -2.26. The topological polar surface area (TPSA) is 46.3 Å². The number of nitrogens with zero attached hydrogens (tertiary/aromatic N) is 1. The zero-order valence-electron chi connectivity index (χ0n) is 9.98. The van der Waals surface area contributed by atoms with E-state index in [1.54, 1.807) is 11.3 Å². The van der Waals surface area contributed by atoms with E-state index in [2.05, 4.69) is 6.07 Å². The summed E-state index contributed by atoms with van der Waals surface area (Å²) in [4.78, 5) is 15.1. The molecule has 0 aliphatic carbocycles. The predicted molar refractivity (Wildman–Crippen MR) is 68.3 cm³/mol. The Hall–Kier alpha value is -0.870. The predicted octanol–water partition coefficient (Wildman–Crippen LogP) is 2.22. The first-order chi connectivity index (χ1) is 7.65. The number of hydrogen-bond donors (Lipinski definition) is 1. The molecule has 1 aromatic rings. The van der Waals surface area contributed by atoms with Gasteiger partial charge in [0.25, 0.3) is 0 Å². The summed E-state index contributed by atoms with van der Waals surface area (Å²) >= 11 is 1.69. The molecule has 90 valence electrons. The summed E-state index contributed by atoms with van der Waals surface area (Å²) in [5.74, 6) is 0.203. The monoisotopic (exact) mass is 240 g/mol. The molecule has 4 heteroatoms. The van der Waals surface area contributed by atoms with E-state index in [1.807, 2.05) is 30.2 Å². The zero-order valence-corrected chi connectivity index (χ0v) is 10.8. The average molecular weight is 240 g/mol. The minimum atomic E-state index is 0.203. The van der Waals surface area contributed by atoms with E-state index in [4.69, 9.17) is 5.73 Å². The third-order valence-corrected chi connectivity index (χ3v) is 3.31. The van der Waals surface area contributed by atoms with Crippen molar-refractivity contribution in [2.24, 2.45) is 5.73 Å². The Morgan fingerprint density at radius 2 is 2.31 bits per heavy atom. The molecule has 16 heavy (non-hydrogen) atoms. The van der Waals surface area contributed by atoms with Crippen LogP contribution in [-0.2, 0) is 11.3 Å². The van der Waals surface area contributed by atoms with Gasteiger partial charge in [0.1, 0.15) is 0 Å². The Bertz CT molecular complexity index is 309. The van der Waals surface area contributed by atoms with Crippen molar-refractivity contribution in [3.63, 3.8) is 0 Å². The van der Waals surface area contributed by atoms with Crippen molar-refractivity contribution in [1.82, 2.24) is 4.90 Å². The van der Waals surface area contributed by atoms with Crippen molar-refractivity contribution < 1.29 is 4.79 Å². The van der Waals surface area contributed by atoms with Gasteiger partial charge in [-0.15, -0.1) is 11.3 Å². The molecule has 1 aromatic heterocycles. The Morgan fingerprint density at radius 3 is 2.81 bits per heavy atom. The number of carbonyl (C=O) groups excluding carboxylic acids is 1. The highest BCUT2D eigenvalue weighted by atomic mass is 32.1. The van der Waals surface area contributed by atoms with Gasteiger partial charge in [-0.2, -0.15) is 0 Å². The van der Waals surface area contributed by atoms with Gasteiger partial charge in [0, 0.05) is 17.3 Å². The van der Waals surface area contributed by atoms with Crippen LogP contribution < -0.4 is 5.73 Å². The number of hydrogen-bond acceptors (Lipinski definition) is 3. The summed E-state index contributed by atoms with van der Waals surface area (Å²) in [5.41, 5.74) is 5.42. The summed E-state index contributed by atoms with van der Waals surface area (Å²) in [5, 5.41) is 2.04. The average Bonchev–Trinajstić information content (AvgIpc) is 2.74. The number of rotatable bonds is 6. The lowest BCUT2D eigenvalue weighted by Crippen LogP contribution is -2.36. The van der Waals surface area contributed by atoms with E-state index < -0.39 is 0 Å². The molecule has 0 atom stereocenters. The van der Waals surface area contributed by atoms with Gasteiger partial charge in [-0.1, -0.05) is 6.07 Å². The van der Waals surface area contributed by atoms with E-state index >= 15 is 0 Å². The fourth-order valence-corrected chi connectivity index (χ4v) is 2.23. The van der Waals surface area contributed by atoms with E-state index in [9.17, 15) is 4.79 Å². The van der Waals surface area contributed by atoms with Crippen LogP contribution in [-0.4, -0.2) is 23.4 Å². The quantitative estimate of drug-likeness (QED) is 0.828. The summed E-state index contributed by atoms with van der Waals surface area (Å²) in [7, 11) is 0. The van der Waals surface area contributed by atoms with Crippen LogP contribution in [0, 0.1) is 0 Å². The molecule has 0 radical (unpaired) electrons. The number of thiophene rings is 1. The Kier molecular flexibility index (Phi) is 5.49. The van der Waals surface area contributed by atoms with E-state index in [-0.39, 0.29) is 11.9 Å². The third-order valence-electron chi connectivity index (χ3n) is 2.44. The molecular weight excluding hydrogens is 220 g/mol. The van der Waals surface area contributed by atoms with Crippen LogP contribution >= 0.6 is 11.3 Å². The molecule has 3 nitrogen and oxygen atoms in total. The normalized spacial score (nSPS) is 10.8. The smallest absolute Gasteiger partial charge is 0.223 e. The maximum Gasteiger partial charge on any atom is 0.223 e. The van der Waals surface area contributed by atoms with Gasteiger partial charge in [0.15, 0.2) is 0 Å². The summed E-state index contributed by atoms with van der Waals surface area (Å²) in [6.45, 7) is 5.40. The van der Waals surface area contributed by atoms with Gasteiger partial charge >= 0.3 is 0 Å². The Balaban J connectivity index is 2.57. The fourth-order valence-electron chi connectivity index (χ4n) is 1.53. The van der Waals surface area contributed by atoms with Gasteiger partial charge in [0.2, 0.25) is 5.91 Å². The number of nitrogens with two attached hydrogens (primary N) is 1. The van der Waals surface area contributed by atoms with Crippen molar-refractivity contribution in [3.8, 4) is 0 Å². The van der Waals surface area contributed by atoms with Crippen LogP contribution in [0.25, 0.3) is 0 Å². The van der Waals surface area contributed by atoms with Crippen LogP contribution in [0.5, 0.6) is 0 Å². The lowest BCUT2D eigenvalue weighted by molar-refractivity contribution is -0.133. The molecule has 0 aliphatic rings. The molecule has 2 N–H and O–H groups in total. The van der Waals surface area contributed by atoms with Crippen LogP contribution in [0.3, 0.4) is 0 Å². The highest BCUT2D eigenvalue weighted by Crippen LogP contribution is 2.15. The molecule has 0 fully saturated rings. The molecule has 0 spiro atoms. The summed E-state index contributed by atoms with van der Waals surface area (Å²) in [6.07, 6.45) is 1.33. The highest BCUT2D eigenvalue weighted by molar-refractivity contribution is 7.09. The van der Waals surface area contributed by atoms with Gasteiger partial charge in [0.05, 0.1) is 6.54 Å². The molecule has 0 aliphatic heterocycles. The van der Waals surface area contributed by atoms with E-state index in [0.717, 1.165) is 13.0 Å². The Morgan fingerprint density at radius 1 is 1.56 bits per heavy atom. The maximum absolute atomic E-state index is 11.9. The third kappa shape index (κ3) is 3.94. The first-order valence-corrected chi connectivity index (χ1v) is 6.55. The largest absolute Gasteiger partial charge is 0.335 e. The highest BCUT2D eigenvalue weighted by Gasteiger charge is 2.16. The summed E-state index contributed by atoms with van der Waals surface area (Å²) < 4.78 is 0. The molecule has 0 saturated carbocycles. The second-order valence-electron chi connectivity index (χ2n) is 4.09.